The number of nitrogens with zero attached hydrogens (tertiary/aromatic N) is 3. The summed E-state index contributed by atoms with van der Waals surface area (Å²) in [5.74, 6) is 0.508. The second kappa shape index (κ2) is 5.98. The minimum Gasteiger partial charge on any atom is -0.342 e. The topological polar surface area (TPSA) is 67.2 Å². The summed E-state index contributed by atoms with van der Waals surface area (Å²) in [6.07, 6.45) is 6.28. The molecule has 1 saturated carbocycles. The third kappa shape index (κ3) is 3.41. The SMILES string of the molecule is CC(=O)NC(C)(C)C(=O)N1CCC(n2nccc2C2CC2)CC1. The maximum absolute atomic E-state index is 12.6. The molecule has 2 fully saturated rings. The summed E-state index contributed by atoms with van der Waals surface area (Å²) in [6.45, 7) is 6.41. The quantitative estimate of drug-likeness (QED) is 0.921. The summed E-state index contributed by atoms with van der Waals surface area (Å²) >= 11 is 0. The largest absolute Gasteiger partial charge is 0.342 e. The van der Waals surface area contributed by atoms with Crippen molar-refractivity contribution >= 4 is 11.8 Å². The molecule has 0 spiro atoms. The lowest BCUT2D eigenvalue weighted by Crippen LogP contribution is -2.56. The zero-order valence-electron chi connectivity index (χ0n) is 14.2. The highest BCUT2D eigenvalue weighted by atomic mass is 16.2. The minimum atomic E-state index is -0.844. The van der Waals surface area contributed by atoms with E-state index in [0.29, 0.717) is 12.0 Å². The van der Waals surface area contributed by atoms with Gasteiger partial charge in [0.05, 0.1) is 6.04 Å². The van der Waals surface area contributed by atoms with E-state index in [0.717, 1.165) is 25.9 Å². The summed E-state index contributed by atoms with van der Waals surface area (Å²) in [7, 11) is 0. The Hall–Kier alpha value is -1.85. The number of piperidine rings is 1. The fourth-order valence-electron chi connectivity index (χ4n) is 3.53. The molecule has 23 heavy (non-hydrogen) atoms. The summed E-state index contributed by atoms with van der Waals surface area (Å²) in [4.78, 5) is 25.8. The van der Waals surface area contributed by atoms with Crippen LogP contribution in [0.4, 0.5) is 0 Å². The molecule has 1 aliphatic heterocycles. The van der Waals surface area contributed by atoms with E-state index >= 15 is 0 Å². The third-order valence-corrected chi connectivity index (χ3v) is 4.82. The van der Waals surface area contributed by atoms with Gasteiger partial charge in [0.2, 0.25) is 11.8 Å². The zero-order valence-corrected chi connectivity index (χ0v) is 14.2. The van der Waals surface area contributed by atoms with Crippen LogP contribution < -0.4 is 5.32 Å². The normalized spacial score (nSPS) is 19.7. The smallest absolute Gasteiger partial charge is 0.247 e. The number of carbonyl (C=O) groups is 2. The number of nitrogens with one attached hydrogen (secondary N) is 1. The van der Waals surface area contributed by atoms with Crippen LogP contribution in [0.15, 0.2) is 12.3 Å². The standard InChI is InChI=1S/C17H26N4O2/c1-12(22)19-17(2,3)16(23)20-10-7-14(8-11-20)21-15(6-9-18-21)13-4-5-13/h6,9,13-14H,4-5,7-8,10-11H2,1-3H3,(H,19,22). The Morgan fingerprint density at radius 3 is 2.43 bits per heavy atom. The van der Waals surface area contributed by atoms with Crippen LogP contribution >= 0.6 is 0 Å². The van der Waals surface area contributed by atoms with Gasteiger partial charge in [0.25, 0.3) is 0 Å². The molecule has 6 nitrogen and oxygen atoms in total. The molecule has 0 unspecified atom stereocenters. The Labute approximate surface area is 137 Å². The molecular weight excluding hydrogens is 292 g/mol. The average molecular weight is 318 g/mol. The Balaban J connectivity index is 1.61. The Kier molecular flexibility index (Phi) is 4.17. The van der Waals surface area contributed by atoms with Crippen molar-refractivity contribution in [3.05, 3.63) is 18.0 Å². The minimum absolute atomic E-state index is 0.00553. The maximum atomic E-state index is 12.6. The molecule has 126 valence electrons. The van der Waals surface area contributed by atoms with E-state index in [4.69, 9.17) is 0 Å². The van der Waals surface area contributed by atoms with Gasteiger partial charge >= 0.3 is 0 Å². The van der Waals surface area contributed by atoms with Crippen molar-refractivity contribution in [2.24, 2.45) is 0 Å². The fourth-order valence-corrected chi connectivity index (χ4v) is 3.53. The number of likely N-dealkylation sites (tertiary alicyclic amines) is 1. The predicted octanol–water partition coefficient (Wildman–Crippen LogP) is 1.84. The lowest BCUT2D eigenvalue weighted by Gasteiger charge is -2.37. The average Bonchev–Trinajstić information content (AvgIpc) is 3.22. The van der Waals surface area contributed by atoms with Crippen LogP contribution in [-0.2, 0) is 9.59 Å². The Morgan fingerprint density at radius 2 is 1.87 bits per heavy atom. The van der Waals surface area contributed by atoms with Gasteiger partial charge in [0.1, 0.15) is 5.54 Å². The van der Waals surface area contributed by atoms with Crippen molar-refractivity contribution in [2.75, 3.05) is 13.1 Å². The van der Waals surface area contributed by atoms with Gasteiger partial charge in [-0.25, -0.2) is 0 Å². The van der Waals surface area contributed by atoms with Gasteiger partial charge in [-0.1, -0.05) is 0 Å². The van der Waals surface area contributed by atoms with Gasteiger partial charge in [-0.05, 0) is 45.6 Å². The van der Waals surface area contributed by atoms with Crippen LogP contribution in [0.5, 0.6) is 0 Å². The van der Waals surface area contributed by atoms with Crippen molar-refractivity contribution in [3.63, 3.8) is 0 Å². The lowest BCUT2D eigenvalue weighted by molar-refractivity contribution is -0.141. The lowest BCUT2D eigenvalue weighted by atomic mass is 9.99. The highest BCUT2D eigenvalue weighted by Crippen LogP contribution is 2.41. The summed E-state index contributed by atoms with van der Waals surface area (Å²) in [5, 5.41) is 7.25. The molecule has 1 saturated heterocycles. The van der Waals surface area contributed by atoms with Crippen LogP contribution in [0, 0.1) is 0 Å². The molecule has 2 amide bonds. The second-order valence-electron chi connectivity index (χ2n) is 7.30. The number of hydrogen-bond donors (Lipinski definition) is 1. The number of amides is 2. The molecular formula is C17H26N4O2. The van der Waals surface area contributed by atoms with Crippen LogP contribution in [0.2, 0.25) is 0 Å². The number of hydrogen-bond acceptors (Lipinski definition) is 3. The van der Waals surface area contributed by atoms with Crippen LogP contribution in [-0.4, -0.2) is 45.1 Å². The molecule has 0 atom stereocenters. The van der Waals surface area contributed by atoms with Crippen molar-refractivity contribution in [1.29, 1.82) is 0 Å². The predicted molar refractivity (Wildman–Crippen MR) is 86.9 cm³/mol. The van der Waals surface area contributed by atoms with E-state index in [1.807, 2.05) is 11.1 Å². The molecule has 1 aromatic rings. The molecule has 0 aromatic carbocycles. The van der Waals surface area contributed by atoms with Gasteiger partial charge in [-0.3, -0.25) is 14.3 Å². The van der Waals surface area contributed by atoms with E-state index in [9.17, 15) is 9.59 Å². The molecule has 0 radical (unpaired) electrons. The van der Waals surface area contributed by atoms with Gasteiger partial charge in [0.15, 0.2) is 0 Å². The molecule has 1 aliphatic carbocycles. The molecule has 2 heterocycles. The van der Waals surface area contributed by atoms with Crippen LogP contribution in [0.3, 0.4) is 0 Å². The number of carbonyl (C=O) groups excluding carboxylic acids is 2. The van der Waals surface area contributed by atoms with Crippen LogP contribution in [0.25, 0.3) is 0 Å². The second-order valence-corrected chi connectivity index (χ2v) is 7.30. The Morgan fingerprint density at radius 1 is 1.22 bits per heavy atom. The molecule has 1 aromatic heterocycles. The summed E-state index contributed by atoms with van der Waals surface area (Å²) in [6, 6.07) is 2.52. The van der Waals surface area contributed by atoms with E-state index in [1.54, 1.807) is 13.8 Å². The molecule has 6 heteroatoms. The fraction of sp³-hybridized carbons (Fsp3) is 0.706. The first-order valence-corrected chi connectivity index (χ1v) is 8.50. The summed E-state index contributed by atoms with van der Waals surface area (Å²) in [5.41, 5.74) is 0.511. The van der Waals surface area contributed by atoms with E-state index in [-0.39, 0.29) is 11.8 Å². The summed E-state index contributed by atoms with van der Waals surface area (Å²) < 4.78 is 2.18. The first-order valence-electron chi connectivity index (χ1n) is 8.50. The molecule has 0 bridgehead atoms. The highest BCUT2D eigenvalue weighted by Gasteiger charge is 2.36. The third-order valence-electron chi connectivity index (χ3n) is 4.82. The van der Waals surface area contributed by atoms with Gasteiger partial charge < -0.3 is 10.2 Å². The van der Waals surface area contributed by atoms with E-state index in [2.05, 4.69) is 21.2 Å². The Bertz CT molecular complexity index is 595. The molecule has 3 rings (SSSR count). The first kappa shape index (κ1) is 16.0. The number of aromatic nitrogens is 2. The van der Waals surface area contributed by atoms with Gasteiger partial charge in [-0.15, -0.1) is 0 Å². The first-order chi connectivity index (χ1) is 10.9. The van der Waals surface area contributed by atoms with Crippen LogP contribution in [0.1, 0.15) is 64.1 Å². The molecule has 2 aliphatic rings. The monoisotopic (exact) mass is 318 g/mol. The number of rotatable bonds is 4. The zero-order chi connectivity index (χ0) is 16.6. The van der Waals surface area contributed by atoms with Gasteiger partial charge in [-0.2, -0.15) is 5.10 Å². The van der Waals surface area contributed by atoms with Gasteiger partial charge in [0, 0.05) is 37.8 Å². The van der Waals surface area contributed by atoms with Crippen molar-refractivity contribution in [2.45, 2.75) is 64.0 Å². The molecule has 1 N–H and O–H groups in total. The van der Waals surface area contributed by atoms with Crippen molar-refractivity contribution in [1.82, 2.24) is 20.0 Å². The van der Waals surface area contributed by atoms with Crippen molar-refractivity contribution < 1.29 is 9.59 Å². The highest BCUT2D eigenvalue weighted by molar-refractivity contribution is 5.90. The van der Waals surface area contributed by atoms with E-state index in [1.165, 1.54) is 25.5 Å². The maximum Gasteiger partial charge on any atom is 0.247 e. The van der Waals surface area contributed by atoms with E-state index < -0.39 is 5.54 Å². The van der Waals surface area contributed by atoms with Crippen molar-refractivity contribution in [3.8, 4) is 0 Å².